The molecule has 6 heteroatoms. The van der Waals surface area contributed by atoms with Crippen molar-refractivity contribution in [3.63, 3.8) is 0 Å². The molecule has 1 N–H and O–H groups in total. The van der Waals surface area contributed by atoms with Gasteiger partial charge in [-0.25, -0.2) is 4.79 Å². The van der Waals surface area contributed by atoms with Crippen LogP contribution >= 0.6 is 11.8 Å². The van der Waals surface area contributed by atoms with Crippen molar-refractivity contribution in [1.29, 1.82) is 0 Å². The van der Waals surface area contributed by atoms with Gasteiger partial charge in [-0.2, -0.15) is 0 Å². The second-order valence-corrected chi connectivity index (χ2v) is 4.61. The summed E-state index contributed by atoms with van der Waals surface area (Å²) >= 11 is 1.04. The molecule has 0 aliphatic carbocycles. The van der Waals surface area contributed by atoms with E-state index in [9.17, 15) is 14.4 Å². The van der Waals surface area contributed by atoms with Gasteiger partial charge in [0.25, 0.3) is 0 Å². The van der Waals surface area contributed by atoms with E-state index in [4.69, 9.17) is 4.74 Å². The van der Waals surface area contributed by atoms with Gasteiger partial charge in [-0.05, 0) is 25.3 Å². The molecule has 0 fully saturated rings. The Morgan fingerprint density at radius 2 is 1.89 bits per heavy atom. The summed E-state index contributed by atoms with van der Waals surface area (Å²) in [7, 11) is 0. The molecule has 0 saturated heterocycles. The van der Waals surface area contributed by atoms with Crippen molar-refractivity contribution in [3.8, 4) is 5.75 Å². The highest BCUT2D eigenvalue weighted by molar-refractivity contribution is 8.13. The Labute approximate surface area is 115 Å². The van der Waals surface area contributed by atoms with Crippen LogP contribution in [-0.2, 0) is 9.59 Å². The summed E-state index contributed by atoms with van der Waals surface area (Å²) in [6.07, 6.45) is 1.65. The van der Waals surface area contributed by atoms with Crippen molar-refractivity contribution in [2.75, 3.05) is 6.26 Å². The van der Waals surface area contributed by atoms with Gasteiger partial charge in [0.05, 0.1) is 5.56 Å². The summed E-state index contributed by atoms with van der Waals surface area (Å²) < 4.78 is 5.14. The number of thioether (sulfide) groups is 1. The summed E-state index contributed by atoms with van der Waals surface area (Å²) in [5.41, 5.74) is 0.332. The van der Waals surface area contributed by atoms with Gasteiger partial charge in [-0.1, -0.05) is 23.9 Å². The highest BCUT2D eigenvalue weighted by atomic mass is 32.2. The SMILES string of the molecule is CSC(=O)c1ccccc1OC(=O)C(C)NC(C)=O. The van der Waals surface area contributed by atoms with Crippen LogP contribution in [0.5, 0.6) is 5.75 Å². The van der Waals surface area contributed by atoms with Crippen LogP contribution < -0.4 is 10.1 Å². The summed E-state index contributed by atoms with van der Waals surface area (Å²) in [5, 5.41) is 2.24. The number of benzene rings is 1. The molecule has 0 bridgehead atoms. The van der Waals surface area contributed by atoms with Crippen LogP contribution in [-0.4, -0.2) is 29.3 Å². The van der Waals surface area contributed by atoms with E-state index in [1.807, 2.05) is 0 Å². The first-order valence-corrected chi connectivity index (χ1v) is 6.84. The van der Waals surface area contributed by atoms with Crippen molar-refractivity contribution in [1.82, 2.24) is 5.32 Å². The van der Waals surface area contributed by atoms with Gasteiger partial charge in [-0.3, -0.25) is 9.59 Å². The lowest BCUT2D eigenvalue weighted by atomic mass is 10.2. The number of ether oxygens (including phenoxy) is 1. The third-order valence-electron chi connectivity index (χ3n) is 2.28. The molecule has 0 saturated carbocycles. The van der Waals surface area contributed by atoms with Gasteiger partial charge >= 0.3 is 5.97 Å². The van der Waals surface area contributed by atoms with Gasteiger partial charge < -0.3 is 10.1 Å². The molecule has 0 aromatic heterocycles. The molecule has 5 nitrogen and oxygen atoms in total. The second kappa shape index (κ2) is 6.94. The third-order valence-corrected chi connectivity index (χ3v) is 2.87. The maximum Gasteiger partial charge on any atom is 0.333 e. The molecule has 0 aliphatic rings. The number of esters is 1. The number of para-hydroxylation sites is 1. The highest BCUT2D eigenvalue weighted by Crippen LogP contribution is 2.22. The van der Waals surface area contributed by atoms with Crippen LogP contribution in [0.3, 0.4) is 0 Å². The Morgan fingerprint density at radius 1 is 1.26 bits per heavy atom. The maximum absolute atomic E-state index is 11.8. The summed E-state index contributed by atoms with van der Waals surface area (Å²) in [5.74, 6) is -0.737. The van der Waals surface area contributed by atoms with Crippen molar-refractivity contribution in [2.45, 2.75) is 19.9 Å². The molecular formula is C13H15NO4S. The summed E-state index contributed by atoms with van der Waals surface area (Å²) in [4.78, 5) is 34.3. The molecule has 1 aromatic carbocycles. The number of amides is 1. The Hall–Kier alpha value is -1.82. The van der Waals surface area contributed by atoms with Crippen LogP contribution in [0.25, 0.3) is 0 Å². The quantitative estimate of drug-likeness (QED) is 0.670. The van der Waals surface area contributed by atoms with Gasteiger partial charge in [0.15, 0.2) is 0 Å². The van der Waals surface area contributed by atoms with E-state index in [-0.39, 0.29) is 16.8 Å². The molecule has 1 rings (SSSR count). The lowest BCUT2D eigenvalue weighted by Crippen LogP contribution is -2.39. The molecule has 19 heavy (non-hydrogen) atoms. The predicted molar refractivity (Wildman–Crippen MR) is 73.2 cm³/mol. The number of hydrogen-bond acceptors (Lipinski definition) is 5. The fourth-order valence-corrected chi connectivity index (χ4v) is 1.78. The highest BCUT2D eigenvalue weighted by Gasteiger charge is 2.19. The van der Waals surface area contributed by atoms with E-state index in [0.29, 0.717) is 5.56 Å². The Bertz CT molecular complexity index is 501. The van der Waals surface area contributed by atoms with Crippen LogP contribution in [0.2, 0.25) is 0 Å². The van der Waals surface area contributed by atoms with E-state index in [2.05, 4.69) is 5.32 Å². The summed E-state index contributed by atoms with van der Waals surface area (Å²) in [6.45, 7) is 2.83. The number of rotatable bonds is 4. The van der Waals surface area contributed by atoms with Gasteiger partial charge in [-0.15, -0.1) is 0 Å². The molecular weight excluding hydrogens is 266 g/mol. The molecule has 0 radical (unpaired) electrons. The molecule has 0 aliphatic heterocycles. The first kappa shape index (κ1) is 15.2. The number of carbonyl (C=O) groups excluding carboxylic acids is 3. The fourth-order valence-electron chi connectivity index (χ4n) is 1.39. The first-order valence-electron chi connectivity index (χ1n) is 5.62. The molecule has 1 unspecified atom stereocenters. The minimum absolute atomic E-state index is 0.185. The maximum atomic E-state index is 11.8. The van der Waals surface area contributed by atoms with E-state index < -0.39 is 12.0 Å². The number of carbonyl (C=O) groups is 3. The Morgan fingerprint density at radius 3 is 2.47 bits per heavy atom. The fraction of sp³-hybridized carbons (Fsp3) is 0.308. The average molecular weight is 281 g/mol. The topological polar surface area (TPSA) is 72.5 Å². The van der Waals surface area contributed by atoms with Gasteiger partial charge in [0.2, 0.25) is 11.0 Å². The minimum Gasteiger partial charge on any atom is -0.424 e. The van der Waals surface area contributed by atoms with E-state index in [0.717, 1.165) is 11.8 Å². The van der Waals surface area contributed by atoms with Crippen LogP contribution in [0.4, 0.5) is 0 Å². The molecule has 102 valence electrons. The smallest absolute Gasteiger partial charge is 0.333 e. The largest absolute Gasteiger partial charge is 0.424 e. The molecule has 1 amide bonds. The molecule has 1 atom stereocenters. The van der Waals surface area contributed by atoms with Crippen molar-refractivity contribution >= 4 is 28.8 Å². The van der Waals surface area contributed by atoms with Crippen LogP contribution in [0, 0.1) is 0 Å². The van der Waals surface area contributed by atoms with Crippen molar-refractivity contribution < 1.29 is 19.1 Å². The first-order chi connectivity index (χ1) is 8.95. The van der Waals surface area contributed by atoms with Crippen molar-refractivity contribution in [2.24, 2.45) is 0 Å². The Balaban J connectivity index is 2.85. The van der Waals surface area contributed by atoms with Gasteiger partial charge in [0, 0.05) is 6.92 Å². The average Bonchev–Trinajstić information content (AvgIpc) is 2.37. The normalized spacial score (nSPS) is 11.5. The van der Waals surface area contributed by atoms with E-state index in [1.54, 1.807) is 30.5 Å². The van der Waals surface area contributed by atoms with E-state index >= 15 is 0 Å². The minimum atomic E-state index is -0.769. The van der Waals surface area contributed by atoms with Crippen LogP contribution in [0.15, 0.2) is 24.3 Å². The van der Waals surface area contributed by atoms with E-state index in [1.165, 1.54) is 13.8 Å². The van der Waals surface area contributed by atoms with Crippen molar-refractivity contribution in [3.05, 3.63) is 29.8 Å². The molecule has 0 heterocycles. The molecule has 1 aromatic rings. The second-order valence-electron chi connectivity index (χ2n) is 3.83. The molecule has 0 spiro atoms. The number of nitrogens with one attached hydrogen (secondary N) is 1. The Kier molecular flexibility index (Phi) is 5.57. The van der Waals surface area contributed by atoms with Crippen LogP contribution in [0.1, 0.15) is 24.2 Å². The lowest BCUT2D eigenvalue weighted by Gasteiger charge is -2.13. The summed E-state index contributed by atoms with van der Waals surface area (Å²) in [6, 6.07) is 5.72. The predicted octanol–water partition coefficient (Wildman–Crippen LogP) is 1.62. The lowest BCUT2D eigenvalue weighted by molar-refractivity contribution is -0.138. The zero-order chi connectivity index (χ0) is 14.4. The monoisotopic (exact) mass is 281 g/mol. The third kappa shape index (κ3) is 4.40. The van der Waals surface area contributed by atoms with Gasteiger partial charge in [0.1, 0.15) is 11.8 Å². The number of hydrogen-bond donors (Lipinski definition) is 1. The standard InChI is InChI=1S/C13H15NO4S/c1-8(14-9(2)15)12(16)18-11-7-5-4-6-10(11)13(17)19-3/h4-8H,1-3H3,(H,14,15). The zero-order valence-electron chi connectivity index (χ0n) is 10.9. The zero-order valence-corrected chi connectivity index (χ0v) is 11.7.